The molecule has 0 bridgehead atoms. The molecule has 0 aliphatic carbocycles. The summed E-state index contributed by atoms with van der Waals surface area (Å²) in [5.74, 6) is -0.298. The Morgan fingerprint density at radius 1 is 1.65 bits per heavy atom. The molecule has 8 heteroatoms. The Hall–Kier alpha value is -2.53. The second-order valence-corrected chi connectivity index (χ2v) is 5.16. The molecule has 0 fully saturated rings. The molecule has 0 aliphatic heterocycles. The van der Waals surface area contributed by atoms with Crippen LogP contribution < -0.4 is 16.4 Å². The van der Waals surface area contributed by atoms with Crippen molar-refractivity contribution in [2.75, 3.05) is 18.1 Å². The number of H-pyrrole nitrogens is 1. The number of hydrogen-bond acceptors (Lipinski definition) is 6. The highest BCUT2D eigenvalue weighted by Gasteiger charge is 2.21. The molecule has 1 atom stereocenters. The number of anilines is 2. The van der Waals surface area contributed by atoms with Gasteiger partial charge in [-0.1, -0.05) is 0 Å². The molecule has 2 aromatic rings. The van der Waals surface area contributed by atoms with E-state index in [4.69, 9.17) is 5.73 Å². The number of carbonyl (C=O) groups excluding carboxylic acids is 1. The van der Waals surface area contributed by atoms with Crippen molar-refractivity contribution in [3.8, 4) is 6.07 Å². The van der Waals surface area contributed by atoms with Gasteiger partial charge in [-0.05, 0) is 6.92 Å². The van der Waals surface area contributed by atoms with E-state index < -0.39 is 0 Å². The summed E-state index contributed by atoms with van der Waals surface area (Å²) >= 11 is 1.17. The summed E-state index contributed by atoms with van der Waals surface area (Å²) in [7, 11) is 1.52. The van der Waals surface area contributed by atoms with Crippen LogP contribution in [-0.2, 0) is 0 Å². The molecule has 104 valence electrons. The van der Waals surface area contributed by atoms with E-state index in [1.165, 1.54) is 18.4 Å². The number of thiophene rings is 1. The highest BCUT2D eigenvalue weighted by atomic mass is 32.1. The zero-order valence-electron chi connectivity index (χ0n) is 11.0. The van der Waals surface area contributed by atoms with Crippen LogP contribution in [-0.4, -0.2) is 23.2 Å². The summed E-state index contributed by atoms with van der Waals surface area (Å²) in [4.78, 5) is 12.0. The molecule has 2 aromatic heterocycles. The normalized spacial score (nSPS) is 11.7. The van der Waals surface area contributed by atoms with Crippen molar-refractivity contribution < 1.29 is 4.79 Å². The van der Waals surface area contributed by atoms with E-state index in [2.05, 4.69) is 20.8 Å². The molecule has 7 nitrogen and oxygen atoms in total. The molecule has 2 rings (SSSR count). The van der Waals surface area contributed by atoms with Crippen LogP contribution in [0.1, 0.15) is 33.8 Å². The summed E-state index contributed by atoms with van der Waals surface area (Å²) in [6, 6.07) is 1.97. The molecule has 0 radical (unpaired) electrons. The number of rotatable bonds is 4. The standard InChI is InChI=1S/C12H14N6OS/c1-6(7-4-16-17-5-7)18-12-8(3-13)9(14)10(20-12)11(19)15-2/h4-6,18H,14H2,1-2H3,(H,15,19)(H,16,17). The number of nitrogens with zero attached hydrogens (tertiary/aromatic N) is 2. The predicted molar refractivity (Wildman–Crippen MR) is 77.5 cm³/mol. The van der Waals surface area contributed by atoms with E-state index in [1.54, 1.807) is 12.4 Å². The van der Waals surface area contributed by atoms with Crippen LogP contribution in [0.15, 0.2) is 12.4 Å². The SMILES string of the molecule is CNC(=O)c1sc(NC(C)c2cn[nH]c2)c(C#N)c1N. The van der Waals surface area contributed by atoms with Crippen molar-refractivity contribution in [2.24, 2.45) is 0 Å². The maximum Gasteiger partial charge on any atom is 0.263 e. The first-order valence-electron chi connectivity index (χ1n) is 5.88. The maximum atomic E-state index is 11.7. The van der Waals surface area contributed by atoms with Crippen molar-refractivity contribution in [1.82, 2.24) is 15.5 Å². The highest BCUT2D eigenvalue weighted by Crippen LogP contribution is 2.36. The minimum Gasteiger partial charge on any atom is -0.396 e. The summed E-state index contributed by atoms with van der Waals surface area (Å²) in [6.45, 7) is 1.93. The average molecular weight is 290 g/mol. The maximum absolute atomic E-state index is 11.7. The van der Waals surface area contributed by atoms with E-state index in [0.29, 0.717) is 15.4 Å². The van der Waals surface area contributed by atoms with Crippen LogP contribution in [0.2, 0.25) is 0 Å². The van der Waals surface area contributed by atoms with Gasteiger partial charge in [0.05, 0.1) is 17.9 Å². The minimum atomic E-state index is -0.298. The average Bonchev–Trinajstić information content (AvgIpc) is 3.06. The first-order valence-corrected chi connectivity index (χ1v) is 6.69. The fraction of sp³-hybridized carbons (Fsp3) is 0.250. The Balaban J connectivity index is 2.32. The third-order valence-corrected chi connectivity index (χ3v) is 3.99. The second kappa shape index (κ2) is 5.63. The molecule has 0 saturated heterocycles. The number of aromatic nitrogens is 2. The third kappa shape index (κ3) is 2.44. The number of nitrogens with one attached hydrogen (secondary N) is 3. The van der Waals surface area contributed by atoms with Crippen molar-refractivity contribution in [3.05, 3.63) is 28.4 Å². The first-order chi connectivity index (χ1) is 9.58. The third-order valence-electron chi connectivity index (χ3n) is 2.86. The van der Waals surface area contributed by atoms with Crippen molar-refractivity contribution in [3.63, 3.8) is 0 Å². The molecule has 0 aromatic carbocycles. The number of hydrogen-bond donors (Lipinski definition) is 4. The zero-order valence-corrected chi connectivity index (χ0v) is 11.8. The van der Waals surface area contributed by atoms with Gasteiger partial charge in [0.2, 0.25) is 0 Å². The largest absolute Gasteiger partial charge is 0.396 e. The Kier molecular flexibility index (Phi) is 3.91. The van der Waals surface area contributed by atoms with Gasteiger partial charge in [0, 0.05) is 18.8 Å². The summed E-state index contributed by atoms with van der Waals surface area (Å²) in [6.07, 6.45) is 3.46. The van der Waals surface area contributed by atoms with Crippen molar-refractivity contribution in [1.29, 1.82) is 5.26 Å². The molecule has 5 N–H and O–H groups in total. The number of aromatic amines is 1. The van der Waals surface area contributed by atoms with Gasteiger partial charge in [0.15, 0.2) is 0 Å². The molecule has 0 saturated carbocycles. The van der Waals surface area contributed by atoms with Gasteiger partial charge in [-0.25, -0.2) is 0 Å². The summed E-state index contributed by atoms with van der Waals surface area (Å²) < 4.78 is 0. The molecule has 0 aliphatic rings. The van der Waals surface area contributed by atoms with Gasteiger partial charge < -0.3 is 16.4 Å². The Morgan fingerprint density at radius 3 is 2.95 bits per heavy atom. The Morgan fingerprint density at radius 2 is 2.40 bits per heavy atom. The van der Waals surface area contributed by atoms with Gasteiger partial charge in [-0.15, -0.1) is 11.3 Å². The number of nitriles is 1. The molecule has 0 spiro atoms. The lowest BCUT2D eigenvalue weighted by molar-refractivity contribution is 0.0968. The van der Waals surface area contributed by atoms with Crippen LogP contribution in [0, 0.1) is 11.3 Å². The quantitative estimate of drug-likeness (QED) is 0.679. The van der Waals surface area contributed by atoms with Crippen molar-refractivity contribution in [2.45, 2.75) is 13.0 Å². The van der Waals surface area contributed by atoms with Crippen LogP contribution in [0.3, 0.4) is 0 Å². The molecular formula is C12H14N6OS. The molecular weight excluding hydrogens is 276 g/mol. The fourth-order valence-electron chi connectivity index (χ4n) is 1.72. The molecule has 20 heavy (non-hydrogen) atoms. The van der Waals surface area contributed by atoms with Crippen LogP contribution >= 0.6 is 11.3 Å². The second-order valence-electron chi connectivity index (χ2n) is 4.14. The predicted octanol–water partition coefficient (Wildman–Crippen LogP) is 1.46. The molecule has 2 heterocycles. The Labute approximate surface area is 119 Å². The van der Waals surface area contributed by atoms with Gasteiger partial charge in [0.1, 0.15) is 21.5 Å². The summed E-state index contributed by atoms with van der Waals surface area (Å²) in [5.41, 5.74) is 7.30. The highest BCUT2D eigenvalue weighted by molar-refractivity contribution is 7.18. The number of nitrogens with two attached hydrogens (primary N) is 1. The van der Waals surface area contributed by atoms with Crippen molar-refractivity contribution >= 4 is 27.9 Å². The van der Waals surface area contributed by atoms with Gasteiger partial charge in [-0.3, -0.25) is 9.89 Å². The van der Waals surface area contributed by atoms with E-state index in [9.17, 15) is 10.1 Å². The number of carbonyl (C=O) groups is 1. The zero-order chi connectivity index (χ0) is 14.7. The number of amides is 1. The van der Waals surface area contributed by atoms with Crippen LogP contribution in [0.4, 0.5) is 10.7 Å². The molecule has 1 amide bonds. The van der Waals surface area contributed by atoms with E-state index in [-0.39, 0.29) is 17.6 Å². The van der Waals surface area contributed by atoms with E-state index in [1.807, 2.05) is 13.0 Å². The van der Waals surface area contributed by atoms with Gasteiger partial charge in [0.25, 0.3) is 5.91 Å². The van der Waals surface area contributed by atoms with Crippen LogP contribution in [0.25, 0.3) is 0 Å². The first kappa shape index (κ1) is 13.9. The Bertz CT molecular complexity index is 654. The van der Waals surface area contributed by atoms with E-state index in [0.717, 1.165) is 5.56 Å². The lowest BCUT2D eigenvalue weighted by Crippen LogP contribution is -2.17. The summed E-state index contributed by atoms with van der Waals surface area (Å²) in [5, 5.41) is 22.1. The smallest absolute Gasteiger partial charge is 0.263 e. The topological polar surface area (TPSA) is 120 Å². The van der Waals surface area contributed by atoms with Gasteiger partial charge in [-0.2, -0.15) is 10.4 Å². The van der Waals surface area contributed by atoms with Crippen LogP contribution in [0.5, 0.6) is 0 Å². The lowest BCUT2D eigenvalue weighted by Gasteiger charge is -2.11. The lowest BCUT2D eigenvalue weighted by atomic mass is 10.2. The van der Waals surface area contributed by atoms with Gasteiger partial charge >= 0.3 is 0 Å². The monoisotopic (exact) mass is 290 g/mol. The van der Waals surface area contributed by atoms with E-state index >= 15 is 0 Å². The fourth-order valence-corrected chi connectivity index (χ4v) is 2.82. The molecule has 1 unspecified atom stereocenters. The minimum absolute atomic E-state index is 0.0589. The number of nitrogen functional groups attached to an aromatic ring is 1.